The van der Waals surface area contributed by atoms with Gasteiger partial charge in [-0.25, -0.2) is 0 Å². The summed E-state index contributed by atoms with van der Waals surface area (Å²) < 4.78 is 0. The molecule has 4 unspecified atom stereocenters. The van der Waals surface area contributed by atoms with Crippen molar-refractivity contribution in [2.75, 3.05) is 19.6 Å². The molecule has 4 heteroatoms. The monoisotopic (exact) mass is 826 g/mol. The summed E-state index contributed by atoms with van der Waals surface area (Å²) >= 11 is 0. The van der Waals surface area contributed by atoms with Gasteiger partial charge in [-0.3, -0.25) is 0 Å². The molecule has 0 spiro atoms. The predicted molar refractivity (Wildman–Crippen MR) is 269 cm³/mol. The number of nitrogens with zero attached hydrogens (tertiary/aromatic N) is 4. The molecule has 12 rings (SSSR count). The molecule has 4 atom stereocenters. The van der Waals surface area contributed by atoms with Crippen molar-refractivity contribution in [1.82, 2.24) is 0 Å². The molecule has 310 valence electrons. The number of hydrogen-bond donors (Lipinski definition) is 0. The molecule has 0 fully saturated rings. The zero-order chi connectivity index (χ0) is 42.4. The molecule has 6 aliphatic rings. The predicted octanol–water partition coefficient (Wildman–Crippen LogP) is 15.0. The van der Waals surface area contributed by atoms with Crippen LogP contribution in [0.3, 0.4) is 0 Å². The summed E-state index contributed by atoms with van der Waals surface area (Å²) in [7, 11) is 0. The number of allylic oxidation sites excluding steroid dienone is 9. The molecule has 4 aliphatic carbocycles. The highest BCUT2D eigenvalue weighted by Gasteiger charge is 2.39. The lowest BCUT2D eigenvalue weighted by Crippen LogP contribution is -2.36. The van der Waals surface area contributed by atoms with E-state index in [1.54, 1.807) is 0 Å². The smallest absolute Gasteiger partial charge is 0.0631 e. The van der Waals surface area contributed by atoms with E-state index in [4.69, 9.17) is 0 Å². The Kier molecular flexibility index (Phi) is 9.71. The van der Waals surface area contributed by atoms with Gasteiger partial charge in [0.15, 0.2) is 0 Å². The maximum atomic E-state index is 2.61. The third kappa shape index (κ3) is 6.69. The van der Waals surface area contributed by atoms with Crippen molar-refractivity contribution in [3.8, 4) is 11.1 Å². The Hall–Kier alpha value is -7.56. The molecule has 4 nitrogen and oxygen atoms in total. The van der Waals surface area contributed by atoms with E-state index < -0.39 is 0 Å². The van der Waals surface area contributed by atoms with Crippen molar-refractivity contribution in [3.05, 3.63) is 253 Å². The lowest BCUT2D eigenvalue weighted by Gasteiger charge is -2.37. The van der Waals surface area contributed by atoms with Crippen molar-refractivity contribution in [3.63, 3.8) is 0 Å². The van der Waals surface area contributed by atoms with Crippen molar-refractivity contribution in [2.45, 2.75) is 49.7 Å². The number of anilines is 7. The molecular weight excluding hydrogens is 777 g/mol. The Morgan fingerprint density at radius 2 is 1.23 bits per heavy atom. The molecule has 2 heterocycles. The molecular formula is C60H50N4. The van der Waals surface area contributed by atoms with Gasteiger partial charge in [0, 0.05) is 62.7 Å². The maximum absolute atomic E-state index is 2.61. The van der Waals surface area contributed by atoms with E-state index in [0.29, 0.717) is 6.04 Å². The Morgan fingerprint density at radius 1 is 0.531 bits per heavy atom. The molecule has 2 aliphatic heterocycles. The zero-order valence-corrected chi connectivity index (χ0v) is 35.9. The number of para-hydroxylation sites is 3. The van der Waals surface area contributed by atoms with E-state index >= 15 is 0 Å². The lowest BCUT2D eigenvalue weighted by molar-refractivity contribution is 0.727. The Morgan fingerprint density at radius 3 is 2.00 bits per heavy atom. The minimum absolute atomic E-state index is 0.231. The van der Waals surface area contributed by atoms with Crippen LogP contribution in [0.1, 0.15) is 42.7 Å². The van der Waals surface area contributed by atoms with Crippen LogP contribution in [0.4, 0.5) is 39.8 Å². The summed E-state index contributed by atoms with van der Waals surface area (Å²) in [6.45, 7) is 0. The normalized spacial score (nSPS) is 21.1. The average molecular weight is 827 g/mol. The fourth-order valence-corrected chi connectivity index (χ4v) is 10.9. The van der Waals surface area contributed by atoms with Crippen LogP contribution in [0.5, 0.6) is 0 Å². The van der Waals surface area contributed by atoms with Gasteiger partial charge in [0.25, 0.3) is 0 Å². The molecule has 0 saturated heterocycles. The SMILES string of the molecule is C1=CCCC(N2c3ccccc3C3=CC(N(c4ccc(-c5ccc(N(c6ccccc6)c6ccc7c(c6)C6C=CC=CC6N7c6ccccc6)cc5)cc4)C4C=CC=CC4)=CCC32)=C1. The van der Waals surface area contributed by atoms with E-state index in [0.717, 1.165) is 42.7 Å². The largest absolute Gasteiger partial charge is 0.337 e. The molecule has 0 N–H and O–H groups in total. The second kappa shape index (κ2) is 16.3. The van der Waals surface area contributed by atoms with Gasteiger partial charge >= 0.3 is 0 Å². The highest BCUT2D eigenvalue weighted by atomic mass is 15.2. The summed E-state index contributed by atoms with van der Waals surface area (Å²) in [6, 6.07) is 56.7. The summed E-state index contributed by atoms with van der Waals surface area (Å²) in [4.78, 5) is 10.0. The molecule has 6 aromatic carbocycles. The summed E-state index contributed by atoms with van der Waals surface area (Å²) in [5.41, 5.74) is 17.7. The third-order valence-electron chi connectivity index (χ3n) is 13.8. The molecule has 0 aromatic heterocycles. The first-order chi connectivity index (χ1) is 31.8. The molecule has 0 amide bonds. The fourth-order valence-electron chi connectivity index (χ4n) is 10.9. The minimum atomic E-state index is 0.231. The van der Waals surface area contributed by atoms with Crippen molar-refractivity contribution < 1.29 is 0 Å². The third-order valence-corrected chi connectivity index (χ3v) is 13.8. The Bertz CT molecular complexity index is 2970. The average Bonchev–Trinajstić information content (AvgIpc) is 3.88. The number of hydrogen-bond acceptors (Lipinski definition) is 4. The molecule has 0 bridgehead atoms. The first kappa shape index (κ1) is 38.1. The van der Waals surface area contributed by atoms with Gasteiger partial charge in [-0.1, -0.05) is 146 Å². The van der Waals surface area contributed by atoms with Crippen molar-refractivity contribution in [1.29, 1.82) is 0 Å². The highest BCUT2D eigenvalue weighted by molar-refractivity contribution is 5.92. The summed E-state index contributed by atoms with van der Waals surface area (Å²) in [5, 5.41) is 0. The Balaban J connectivity index is 0.850. The van der Waals surface area contributed by atoms with Crippen molar-refractivity contribution >= 4 is 45.4 Å². The summed E-state index contributed by atoms with van der Waals surface area (Å²) in [5.74, 6) is 0.277. The standard InChI is InChI=1S/C60H50N4/c1-5-17-45(18-6-1)61(51-37-39-59-55(41-51)53-25-13-15-27-57(53)63(59)47-21-9-3-10-22-47)49-33-29-43(30-34-49)44-31-35-50(36-32-44)62(46-19-7-2-8-20-46)52-38-40-60-56(42-52)54-26-14-16-28-58(54)64(60)48-23-11-4-12-24-48/h1-11,13-19,21-23,25-39,41-42,46,53,57,60H,12,20,24,40H2. The van der Waals surface area contributed by atoms with Crippen LogP contribution in [0.25, 0.3) is 16.7 Å². The van der Waals surface area contributed by atoms with Gasteiger partial charge < -0.3 is 19.6 Å². The fraction of sp³-hybridized carbons (Fsp3) is 0.133. The van der Waals surface area contributed by atoms with Gasteiger partial charge in [0.05, 0.1) is 18.1 Å². The van der Waals surface area contributed by atoms with Crippen LogP contribution in [0, 0.1) is 0 Å². The quantitative estimate of drug-likeness (QED) is 0.144. The topological polar surface area (TPSA) is 13.0 Å². The molecule has 0 radical (unpaired) electrons. The van der Waals surface area contributed by atoms with Gasteiger partial charge in [-0.05, 0) is 133 Å². The Labute approximate surface area is 377 Å². The molecule has 0 saturated carbocycles. The van der Waals surface area contributed by atoms with E-state index in [1.807, 2.05) is 0 Å². The second-order valence-electron chi connectivity index (χ2n) is 17.5. The van der Waals surface area contributed by atoms with Gasteiger partial charge in [-0.2, -0.15) is 0 Å². The summed E-state index contributed by atoms with van der Waals surface area (Å²) in [6.07, 6.45) is 34.0. The van der Waals surface area contributed by atoms with Crippen LogP contribution in [0.2, 0.25) is 0 Å². The zero-order valence-electron chi connectivity index (χ0n) is 35.9. The van der Waals surface area contributed by atoms with Crippen molar-refractivity contribution in [2.24, 2.45) is 0 Å². The highest BCUT2D eigenvalue weighted by Crippen LogP contribution is 2.51. The maximum Gasteiger partial charge on any atom is 0.0631 e. The van der Waals surface area contributed by atoms with Crippen LogP contribution < -0.4 is 19.6 Å². The van der Waals surface area contributed by atoms with E-state index in [9.17, 15) is 0 Å². The molecule has 6 aromatic rings. The van der Waals surface area contributed by atoms with Gasteiger partial charge in [-0.15, -0.1) is 0 Å². The van der Waals surface area contributed by atoms with E-state index in [1.165, 1.54) is 62.0 Å². The number of benzene rings is 6. The van der Waals surface area contributed by atoms with Crippen LogP contribution >= 0.6 is 0 Å². The van der Waals surface area contributed by atoms with E-state index in [2.05, 4.69) is 250 Å². The van der Waals surface area contributed by atoms with Crippen LogP contribution in [0.15, 0.2) is 242 Å². The van der Waals surface area contributed by atoms with E-state index in [-0.39, 0.29) is 18.0 Å². The first-order valence-corrected chi connectivity index (χ1v) is 22.9. The number of fused-ring (bicyclic) bond motifs is 6. The van der Waals surface area contributed by atoms with Gasteiger partial charge in [0.1, 0.15) is 0 Å². The van der Waals surface area contributed by atoms with Crippen LogP contribution in [-0.2, 0) is 0 Å². The second-order valence-corrected chi connectivity index (χ2v) is 17.5. The molecule has 64 heavy (non-hydrogen) atoms. The number of rotatable bonds is 9. The first-order valence-electron chi connectivity index (χ1n) is 22.9. The van der Waals surface area contributed by atoms with Crippen LogP contribution in [-0.4, -0.2) is 18.1 Å². The lowest BCUT2D eigenvalue weighted by atomic mass is 9.91. The van der Waals surface area contributed by atoms with Gasteiger partial charge in [0.2, 0.25) is 0 Å². The minimum Gasteiger partial charge on any atom is -0.337 e.